The number of nitriles is 1. The van der Waals surface area contributed by atoms with E-state index in [4.69, 9.17) is 20.3 Å². The molecule has 17 heteroatoms. The molecule has 2 aromatic heterocycles. The number of nitrogens with zero attached hydrogens (tertiary/aromatic N) is 6. The van der Waals surface area contributed by atoms with E-state index in [-0.39, 0.29) is 29.7 Å². The third-order valence-corrected chi connectivity index (χ3v) is 7.73. The molecule has 1 saturated heterocycles. The van der Waals surface area contributed by atoms with E-state index in [2.05, 4.69) is 26.3 Å². The summed E-state index contributed by atoms with van der Waals surface area (Å²) in [5, 5.41) is 22.6. The molecule has 3 heterocycles. The standard InChI is InChI=1S/C29H31N8O7P.H3N/c1-2-36(21-11-9-19(10-12-21)4-3-18-5-7-20(15-30)8-6-18)14-13-32-28(39)25-24(44-45(40,41)42)23(38)29(43-25)37-17-35-22-26(31)33-16-34-27(22)37;/h3-12,16-17,23-25,29,38H,2,13-14H2,1H3,(H,32,39)(H2,31,33,34)(H2,40,41,42);1H3/b4-3+;/t23-,24+,25+,29-;/m1./s1. The van der Waals surface area contributed by atoms with Crippen molar-refractivity contribution in [2.24, 2.45) is 0 Å². The van der Waals surface area contributed by atoms with E-state index < -0.39 is 38.3 Å². The summed E-state index contributed by atoms with van der Waals surface area (Å²) in [4.78, 5) is 48.2. The average molecular weight is 652 g/mol. The number of rotatable bonds is 11. The molecule has 242 valence electrons. The Labute approximate surface area is 263 Å². The molecule has 0 radical (unpaired) electrons. The number of phosphoric ester groups is 1. The van der Waals surface area contributed by atoms with Gasteiger partial charge >= 0.3 is 0 Å². The van der Waals surface area contributed by atoms with Gasteiger partial charge in [-0.15, -0.1) is 0 Å². The van der Waals surface area contributed by atoms with Crippen molar-refractivity contribution in [1.82, 2.24) is 31.0 Å². The lowest BCUT2D eigenvalue weighted by Crippen LogP contribution is -2.46. The first-order chi connectivity index (χ1) is 21.6. The minimum Gasteiger partial charge on any atom is -0.756 e. The van der Waals surface area contributed by atoms with E-state index in [1.807, 2.05) is 60.4 Å². The number of nitrogens with two attached hydrogens (primary N) is 1. The number of anilines is 2. The average Bonchev–Trinajstić information content (AvgIpc) is 3.59. The third-order valence-electron chi connectivity index (χ3n) is 7.22. The Balaban J connectivity index is 0.00000480. The summed E-state index contributed by atoms with van der Waals surface area (Å²) in [6, 6.07) is 17.2. The second-order valence-corrected chi connectivity index (χ2v) is 11.2. The van der Waals surface area contributed by atoms with Crippen molar-refractivity contribution < 1.29 is 33.5 Å². The van der Waals surface area contributed by atoms with Crippen molar-refractivity contribution in [2.45, 2.75) is 31.5 Å². The number of benzene rings is 2. The summed E-state index contributed by atoms with van der Waals surface area (Å²) in [5.41, 5.74) is 9.67. The minimum absolute atomic E-state index is 0. The molecule has 0 bridgehead atoms. The second kappa shape index (κ2) is 14.6. The number of carbonyl (C=O) groups is 1. The maximum absolute atomic E-state index is 13.2. The maximum atomic E-state index is 13.2. The molecule has 2 aromatic carbocycles. The Kier molecular flexibility index (Phi) is 10.8. The number of imidazole rings is 1. The number of nitrogens with one attached hydrogen (secondary N) is 1. The van der Waals surface area contributed by atoms with Crippen LogP contribution in [0.25, 0.3) is 23.3 Å². The number of amides is 1. The van der Waals surface area contributed by atoms with Gasteiger partial charge < -0.3 is 46.3 Å². The van der Waals surface area contributed by atoms with Gasteiger partial charge in [0.2, 0.25) is 0 Å². The molecule has 0 saturated carbocycles. The SMILES string of the molecule is CCN(CCNC(=O)[C@H]1O[C@@H](n2cnc3c(N)ncnc32)[C@H](O)[C@@H]1OP(=O)([O-])O)c1ccc(/C=C/c2ccc(C#N)cc2)cc1.[NH4+]. The summed E-state index contributed by atoms with van der Waals surface area (Å²) in [6.07, 6.45) is -0.0621. The molecular formula is C29H34N9O7P. The molecule has 1 aliphatic rings. The fourth-order valence-corrected chi connectivity index (χ4v) is 5.50. The van der Waals surface area contributed by atoms with Gasteiger partial charge in [0.1, 0.15) is 24.1 Å². The second-order valence-electron chi connectivity index (χ2n) is 10.1. The number of phosphoric acid groups is 1. The zero-order valence-corrected chi connectivity index (χ0v) is 25.9. The number of quaternary nitrogens is 1. The van der Waals surface area contributed by atoms with E-state index in [1.54, 1.807) is 12.1 Å². The molecule has 0 aliphatic carbocycles. The molecule has 16 nitrogen and oxygen atoms in total. The Morgan fingerprint density at radius 3 is 2.46 bits per heavy atom. The van der Waals surface area contributed by atoms with Gasteiger partial charge in [0, 0.05) is 25.3 Å². The minimum atomic E-state index is -5.37. The predicted octanol–water partition coefficient (Wildman–Crippen LogP) is 1.57. The van der Waals surface area contributed by atoms with Crippen LogP contribution >= 0.6 is 7.82 Å². The molecule has 5 rings (SSSR count). The topological polar surface area (TPSA) is 261 Å². The maximum Gasteiger partial charge on any atom is 0.265 e. The highest BCUT2D eigenvalue weighted by Gasteiger charge is 2.50. The molecule has 4 aromatic rings. The van der Waals surface area contributed by atoms with Crippen molar-refractivity contribution in [3.63, 3.8) is 0 Å². The van der Waals surface area contributed by atoms with Gasteiger partial charge in [-0.1, -0.05) is 36.4 Å². The molecule has 1 fully saturated rings. The summed E-state index contributed by atoms with van der Waals surface area (Å²) >= 11 is 0. The fourth-order valence-electron chi connectivity index (χ4n) is 4.96. The van der Waals surface area contributed by atoms with E-state index in [9.17, 15) is 24.3 Å². The number of aliphatic hydroxyl groups excluding tert-OH is 1. The first kappa shape index (κ1) is 34.2. The number of likely N-dealkylation sites (N-methyl/N-ethyl adjacent to an activating group) is 1. The zero-order valence-electron chi connectivity index (χ0n) is 25.0. The Morgan fingerprint density at radius 1 is 1.20 bits per heavy atom. The summed E-state index contributed by atoms with van der Waals surface area (Å²) in [5.74, 6) is -0.685. The zero-order chi connectivity index (χ0) is 32.1. The number of fused-ring (bicyclic) bond motifs is 1. The number of nitrogen functional groups attached to an aromatic ring is 1. The van der Waals surface area contributed by atoms with Gasteiger partial charge in [-0.3, -0.25) is 13.9 Å². The largest absolute Gasteiger partial charge is 0.756 e. The number of hydrogen-bond acceptors (Lipinski definition) is 12. The smallest absolute Gasteiger partial charge is 0.265 e. The lowest BCUT2D eigenvalue weighted by atomic mass is 10.1. The van der Waals surface area contributed by atoms with Gasteiger partial charge in [0.05, 0.1) is 18.0 Å². The van der Waals surface area contributed by atoms with Crippen LogP contribution in [0.3, 0.4) is 0 Å². The first-order valence-corrected chi connectivity index (χ1v) is 15.4. The number of aliphatic hydroxyl groups is 1. The van der Waals surface area contributed by atoms with E-state index >= 15 is 0 Å². The van der Waals surface area contributed by atoms with Crippen LogP contribution in [0, 0.1) is 11.3 Å². The van der Waals surface area contributed by atoms with Gasteiger partial charge in [-0.2, -0.15) is 5.26 Å². The van der Waals surface area contributed by atoms with Crippen LogP contribution in [0.1, 0.15) is 29.8 Å². The van der Waals surface area contributed by atoms with E-state index in [1.165, 1.54) is 17.2 Å². The molecule has 9 N–H and O–H groups in total. The van der Waals surface area contributed by atoms with Crippen LogP contribution in [0.2, 0.25) is 0 Å². The van der Waals surface area contributed by atoms with Crippen LogP contribution in [0.15, 0.2) is 61.2 Å². The first-order valence-electron chi connectivity index (χ1n) is 13.9. The predicted molar refractivity (Wildman–Crippen MR) is 168 cm³/mol. The number of carbonyl (C=O) groups excluding carboxylic acids is 1. The van der Waals surface area contributed by atoms with Crippen molar-refractivity contribution in [1.29, 1.82) is 5.26 Å². The lowest BCUT2D eigenvalue weighted by molar-refractivity contribution is -0.227. The monoisotopic (exact) mass is 651 g/mol. The fraction of sp³-hybridized carbons (Fsp3) is 0.276. The lowest BCUT2D eigenvalue weighted by Gasteiger charge is -2.26. The third kappa shape index (κ3) is 7.73. The van der Waals surface area contributed by atoms with Gasteiger partial charge in [-0.25, -0.2) is 15.0 Å². The summed E-state index contributed by atoms with van der Waals surface area (Å²) in [7, 11) is -5.37. The number of ether oxygens (including phenoxy) is 1. The van der Waals surface area contributed by atoms with E-state index in [0.29, 0.717) is 18.7 Å². The van der Waals surface area contributed by atoms with Crippen molar-refractivity contribution in [3.8, 4) is 6.07 Å². The van der Waals surface area contributed by atoms with E-state index in [0.717, 1.165) is 16.8 Å². The summed E-state index contributed by atoms with van der Waals surface area (Å²) < 4.78 is 23.3. The van der Waals surface area contributed by atoms with Crippen LogP contribution in [-0.2, 0) is 18.6 Å². The number of hydrogen-bond donors (Lipinski definition) is 5. The molecule has 1 aliphatic heterocycles. The van der Waals surface area contributed by atoms with Crippen molar-refractivity contribution in [2.75, 3.05) is 30.3 Å². The molecular weight excluding hydrogens is 617 g/mol. The van der Waals surface area contributed by atoms with Gasteiger partial charge in [-0.05, 0) is 42.3 Å². The van der Waals surface area contributed by atoms with Crippen molar-refractivity contribution >= 4 is 48.6 Å². The molecule has 5 atom stereocenters. The van der Waals surface area contributed by atoms with Crippen LogP contribution in [-0.4, -0.2) is 73.4 Å². The van der Waals surface area contributed by atoms with Gasteiger partial charge in [0.15, 0.2) is 23.8 Å². The Morgan fingerprint density at radius 2 is 1.85 bits per heavy atom. The normalized spacial score (nSPS) is 20.6. The highest BCUT2D eigenvalue weighted by molar-refractivity contribution is 7.44. The van der Waals surface area contributed by atoms with Crippen LogP contribution in [0.4, 0.5) is 11.5 Å². The molecule has 0 spiro atoms. The van der Waals surface area contributed by atoms with Crippen molar-refractivity contribution in [3.05, 3.63) is 77.9 Å². The number of aromatic nitrogens is 4. The van der Waals surface area contributed by atoms with Crippen LogP contribution < -0.4 is 27.0 Å². The molecule has 1 amide bonds. The Hall–Kier alpha value is -4.72. The summed E-state index contributed by atoms with van der Waals surface area (Å²) in [6.45, 7) is 3.14. The van der Waals surface area contributed by atoms with Gasteiger partial charge in [0.25, 0.3) is 13.7 Å². The van der Waals surface area contributed by atoms with Crippen LogP contribution in [0.5, 0.6) is 0 Å². The molecule has 46 heavy (non-hydrogen) atoms. The molecule has 1 unspecified atom stereocenters. The highest BCUT2D eigenvalue weighted by Crippen LogP contribution is 2.41. The quantitative estimate of drug-likeness (QED) is 0.114. The highest BCUT2D eigenvalue weighted by atomic mass is 31.2. The Bertz CT molecular complexity index is 1770.